The molecule has 1 aromatic rings. The summed E-state index contributed by atoms with van der Waals surface area (Å²) in [4.78, 5) is 0. The number of benzene rings is 1. The van der Waals surface area contributed by atoms with Gasteiger partial charge in [-0.1, -0.05) is 67.7 Å². The summed E-state index contributed by atoms with van der Waals surface area (Å²) in [7, 11) is -1.34. The van der Waals surface area contributed by atoms with Crippen molar-refractivity contribution in [1.82, 2.24) is 0 Å². The lowest BCUT2D eigenvalue weighted by Crippen LogP contribution is -2.16. The van der Waals surface area contributed by atoms with E-state index in [1.807, 2.05) is 48.6 Å². The van der Waals surface area contributed by atoms with Gasteiger partial charge in [0.05, 0.1) is 6.61 Å². The molecule has 0 aromatic heterocycles. The third-order valence-corrected chi connectivity index (χ3v) is 3.28. The second-order valence-electron chi connectivity index (χ2n) is 5.64. The Morgan fingerprint density at radius 1 is 1.19 bits per heavy atom. The first kappa shape index (κ1) is 17.0. The number of hydrogen-bond donors (Lipinski definition) is 1. The molecule has 1 aromatic carbocycles. The monoisotopic (exact) mass is 294 g/mol. The average molecular weight is 294 g/mol. The van der Waals surface area contributed by atoms with E-state index in [0.717, 1.165) is 11.1 Å². The molecule has 0 saturated heterocycles. The molecule has 2 heteroatoms. The van der Waals surface area contributed by atoms with Gasteiger partial charge in [-0.3, -0.25) is 0 Å². The van der Waals surface area contributed by atoms with Gasteiger partial charge < -0.3 is 5.11 Å². The standard InChI is InChI=1S/C19H22OSi/c1-21(2,3)16-10-8-14-19(13-7-9-15-20)17-18-11-5-4-6-12-18/h4-6,8,11-12,14,17,20H,9,15H2,1-3H3/b14-8-,19-17-. The van der Waals surface area contributed by atoms with Crippen molar-refractivity contribution in [1.29, 1.82) is 0 Å². The van der Waals surface area contributed by atoms with Crippen LogP contribution in [0.5, 0.6) is 0 Å². The molecule has 0 spiro atoms. The molecule has 0 aliphatic rings. The third kappa shape index (κ3) is 8.71. The fourth-order valence-corrected chi connectivity index (χ4v) is 1.98. The van der Waals surface area contributed by atoms with Crippen molar-refractivity contribution in [3.63, 3.8) is 0 Å². The molecular formula is C19H22OSi. The Hall–Kier alpha value is -2.00. The van der Waals surface area contributed by atoms with E-state index in [1.165, 1.54) is 0 Å². The van der Waals surface area contributed by atoms with Crippen molar-refractivity contribution in [2.45, 2.75) is 26.1 Å². The lowest BCUT2D eigenvalue weighted by atomic mass is 10.1. The lowest BCUT2D eigenvalue weighted by Gasteiger charge is -2.02. The minimum Gasteiger partial charge on any atom is -0.395 e. The summed E-state index contributed by atoms with van der Waals surface area (Å²) in [6.07, 6.45) is 6.31. The second kappa shape index (κ2) is 9.03. The highest BCUT2D eigenvalue weighted by molar-refractivity contribution is 6.83. The van der Waals surface area contributed by atoms with Crippen molar-refractivity contribution < 1.29 is 5.11 Å². The molecule has 21 heavy (non-hydrogen) atoms. The van der Waals surface area contributed by atoms with Crippen LogP contribution in [-0.4, -0.2) is 19.8 Å². The highest BCUT2D eigenvalue weighted by Crippen LogP contribution is 2.07. The van der Waals surface area contributed by atoms with Crippen LogP contribution in [0.1, 0.15) is 12.0 Å². The zero-order valence-electron chi connectivity index (χ0n) is 13.0. The van der Waals surface area contributed by atoms with E-state index < -0.39 is 8.07 Å². The maximum Gasteiger partial charge on any atom is 0.129 e. The molecule has 0 heterocycles. The van der Waals surface area contributed by atoms with Crippen LogP contribution in [0.25, 0.3) is 6.08 Å². The van der Waals surface area contributed by atoms with Crippen molar-refractivity contribution in [2.75, 3.05) is 6.61 Å². The molecule has 0 aliphatic heterocycles. The second-order valence-corrected chi connectivity index (χ2v) is 10.4. The number of aliphatic hydroxyl groups is 1. The van der Waals surface area contributed by atoms with Gasteiger partial charge in [0.15, 0.2) is 0 Å². The van der Waals surface area contributed by atoms with Gasteiger partial charge in [-0.05, 0) is 23.8 Å². The Morgan fingerprint density at radius 2 is 1.90 bits per heavy atom. The fourth-order valence-electron chi connectivity index (χ4n) is 1.46. The quantitative estimate of drug-likeness (QED) is 0.509. The summed E-state index contributed by atoms with van der Waals surface area (Å²) >= 11 is 0. The fraction of sp³-hybridized carbons (Fsp3) is 0.263. The number of rotatable bonds is 3. The Kier molecular flexibility index (Phi) is 7.33. The first-order valence-electron chi connectivity index (χ1n) is 7.07. The van der Waals surface area contributed by atoms with Gasteiger partial charge in [0.2, 0.25) is 0 Å². The maximum atomic E-state index is 8.81. The topological polar surface area (TPSA) is 20.2 Å². The zero-order chi connectivity index (χ0) is 15.6. The normalized spacial score (nSPS) is 11.5. The van der Waals surface area contributed by atoms with Gasteiger partial charge in [0, 0.05) is 12.0 Å². The number of aliphatic hydroxyl groups excluding tert-OH is 1. The average Bonchev–Trinajstić information content (AvgIpc) is 2.43. The Labute approximate surface area is 129 Å². The zero-order valence-corrected chi connectivity index (χ0v) is 14.0. The van der Waals surface area contributed by atoms with Crippen molar-refractivity contribution in [2.24, 2.45) is 0 Å². The molecular weight excluding hydrogens is 272 g/mol. The Morgan fingerprint density at radius 3 is 2.52 bits per heavy atom. The molecule has 0 aliphatic carbocycles. The molecule has 1 rings (SSSR count). The van der Waals surface area contributed by atoms with Gasteiger partial charge in [0.25, 0.3) is 0 Å². The van der Waals surface area contributed by atoms with E-state index in [4.69, 9.17) is 5.11 Å². The molecule has 0 bridgehead atoms. The van der Waals surface area contributed by atoms with E-state index >= 15 is 0 Å². The summed E-state index contributed by atoms with van der Waals surface area (Å²) in [5.41, 5.74) is 5.30. The van der Waals surface area contributed by atoms with E-state index in [0.29, 0.717) is 6.42 Å². The summed E-state index contributed by atoms with van der Waals surface area (Å²) < 4.78 is 0. The Balaban J connectivity index is 2.93. The molecule has 1 nitrogen and oxygen atoms in total. The Bertz CT molecular complexity index is 611. The van der Waals surface area contributed by atoms with Crippen LogP contribution in [0, 0.1) is 23.3 Å². The third-order valence-electron chi connectivity index (χ3n) is 2.38. The van der Waals surface area contributed by atoms with Crippen molar-refractivity contribution >= 4 is 14.1 Å². The smallest absolute Gasteiger partial charge is 0.129 e. The van der Waals surface area contributed by atoms with Crippen LogP contribution in [0.15, 0.2) is 48.1 Å². The molecule has 0 amide bonds. The van der Waals surface area contributed by atoms with E-state index in [-0.39, 0.29) is 6.61 Å². The first-order chi connectivity index (χ1) is 10.0. The van der Waals surface area contributed by atoms with Crippen LogP contribution in [0.4, 0.5) is 0 Å². The SMILES string of the molecule is C[Si](C)(C)C#C/C=C\C(C#CCCO)=C/c1ccccc1. The minimum atomic E-state index is -1.34. The largest absolute Gasteiger partial charge is 0.395 e. The van der Waals surface area contributed by atoms with Crippen LogP contribution in [-0.2, 0) is 0 Å². The summed E-state index contributed by atoms with van der Waals surface area (Å²) in [5.74, 6) is 9.13. The van der Waals surface area contributed by atoms with Crippen LogP contribution < -0.4 is 0 Å². The molecule has 1 N–H and O–H groups in total. The van der Waals surface area contributed by atoms with E-state index in [2.05, 4.69) is 42.9 Å². The van der Waals surface area contributed by atoms with Crippen LogP contribution in [0.3, 0.4) is 0 Å². The van der Waals surface area contributed by atoms with Crippen molar-refractivity contribution in [3.05, 3.63) is 53.6 Å². The summed E-state index contributed by atoms with van der Waals surface area (Å²) in [6, 6.07) is 10.1. The summed E-state index contributed by atoms with van der Waals surface area (Å²) in [6.45, 7) is 6.74. The molecule has 0 fully saturated rings. The van der Waals surface area contributed by atoms with Crippen molar-refractivity contribution in [3.8, 4) is 23.3 Å². The maximum absolute atomic E-state index is 8.81. The number of allylic oxidation sites excluding steroid dienone is 3. The molecule has 108 valence electrons. The van der Waals surface area contributed by atoms with Gasteiger partial charge in [-0.2, -0.15) is 0 Å². The van der Waals surface area contributed by atoms with Gasteiger partial charge in [-0.15, -0.1) is 5.54 Å². The van der Waals surface area contributed by atoms with E-state index in [9.17, 15) is 0 Å². The van der Waals surface area contributed by atoms with Gasteiger partial charge >= 0.3 is 0 Å². The lowest BCUT2D eigenvalue weighted by molar-refractivity contribution is 0.305. The number of hydrogen-bond acceptors (Lipinski definition) is 1. The highest BCUT2D eigenvalue weighted by atomic mass is 28.3. The highest BCUT2D eigenvalue weighted by Gasteiger charge is 2.06. The molecule has 0 radical (unpaired) electrons. The van der Waals surface area contributed by atoms with E-state index in [1.54, 1.807) is 0 Å². The predicted molar refractivity (Wildman–Crippen MR) is 94.2 cm³/mol. The van der Waals surface area contributed by atoms with Gasteiger partial charge in [0.1, 0.15) is 8.07 Å². The first-order valence-corrected chi connectivity index (χ1v) is 10.6. The van der Waals surface area contributed by atoms with Gasteiger partial charge in [-0.25, -0.2) is 0 Å². The molecule has 0 saturated carbocycles. The predicted octanol–water partition coefficient (Wildman–Crippen LogP) is 3.89. The van der Waals surface area contributed by atoms with Crippen LogP contribution in [0.2, 0.25) is 19.6 Å². The van der Waals surface area contributed by atoms with Crippen LogP contribution >= 0.6 is 0 Å². The molecule has 0 atom stereocenters. The molecule has 0 unspecified atom stereocenters. The summed E-state index contributed by atoms with van der Waals surface area (Å²) in [5, 5.41) is 8.81. The minimum absolute atomic E-state index is 0.0881.